The molecule has 0 aliphatic carbocycles. The van der Waals surface area contributed by atoms with Crippen molar-refractivity contribution in [3.63, 3.8) is 0 Å². The molecule has 0 spiro atoms. The Morgan fingerprint density at radius 3 is 2.72 bits per heavy atom. The molecule has 0 N–H and O–H groups in total. The molecular weight excluding hydrogens is 232 g/mol. The first-order valence-corrected chi connectivity index (χ1v) is 5.59. The van der Waals surface area contributed by atoms with Crippen LogP contribution in [0, 0.1) is 0 Å². The number of carbonyl (C=O) groups excluding carboxylic acids is 2. The van der Waals surface area contributed by atoms with Crippen molar-refractivity contribution >= 4 is 11.9 Å². The van der Waals surface area contributed by atoms with E-state index < -0.39 is 17.9 Å². The molecule has 1 fully saturated rings. The number of para-hydroxylation sites is 1. The number of nitrogens with zero attached hydrogens (tertiary/aromatic N) is 2. The van der Waals surface area contributed by atoms with E-state index in [4.69, 9.17) is 0 Å². The van der Waals surface area contributed by atoms with E-state index in [0.717, 1.165) is 11.3 Å². The van der Waals surface area contributed by atoms with Crippen molar-refractivity contribution in [3.8, 4) is 5.69 Å². The van der Waals surface area contributed by atoms with E-state index in [-0.39, 0.29) is 6.42 Å². The van der Waals surface area contributed by atoms with Gasteiger partial charge in [-0.05, 0) is 17.7 Å². The zero-order valence-electron chi connectivity index (χ0n) is 9.45. The van der Waals surface area contributed by atoms with Crippen LogP contribution in [0.2, 0.25) is 0 Å². The topological polar surface area (TPSA) is 61.2 Å². The first-order valence-electron chi connectivity index (χ1n) is 5.59. The predicted octanol–water partition coefficient (Wildman–Crippen LogP) is 1.43. The highest BCUT2D eigenvalue weighted by molar-refractivity contribution is 5.98. The zero-order chi connectivity index (χ0) is 12.5. The lowest BCUT2D eigenvalue weighted by Gasteiger charge is -2.11. The molecule has 1 aliphatic heterocycles. The van der Waals surface area contributed by atoms with Gasteiger partial charge < -0.3 is 4.74 Å². The van der Waals surface area contributed by atoms with Crippen LogP contribution in [-0.4, -0.2) is 21.7 Å². The molecule has 0 radical (unpaired) electrons. The van der Waals surface area contributed by atoms with Crippen molar-refractivity contribution < 1.29 is 14.3 Å². The first kappa shape index (κ1) is 10.7. The number of benzene rings is 1. The molecule has 2 aromatic rings. The molecule has 1 atom stereocenters. The number of esters is 2. The Labute approximate surface area is 103 Å². The van der Waals surface area contributed by atoms with Gasteiger partial charge in [0.25, 0.3) is 0 Å². The number of hydrogen-bond donors (Lipinski definition) is 0. The standard InChI is InChI=1S/C13H10N2O3/c16-12-8-10(13(17)18-12)9-4-1-2-5-11(9)15-7-3-6-14-15/h1-7,10H,8H2. The Morgan fingerprint density at radius 1 is 1.22 bits per heavy atom. The predicted molar refractivity (Wildman–Crippen MR) is 62.0 cm³/mol. The van der Waals surface area contributed by atoms with E-state index in [9.17, 15) is 9.59 Å². The van der Waals surface area contributed by atoms with E-state index in [1.54, 1.807) is 23.1 Å². The minimum atomic E-state index is -0.530. The highest BCUT2D eigenvalue weighted by Crippen LogP contribution is 2.31. The summed E-state index contributed by atoms with van der Waals surface area (Å²) < 4.78 is 6.27. The van der Waals surface area contributed by atoms with Crippen LogP contribution in [0.15, 0.2) is 42.7 Å². The van der Waals surface area contributed by atoms with Gasteiger partial charge in [0.15, 0.2) is 0 Å². The average Bonchev–Trinajstić information content (AvgIpc) is 2.99. The Balaban J connectivity index is 2.08. The lowest BCUT2D eigenvalue weighted by Crippen LogP contribution is -2.10. The maximum absolute atomic E-state index is 11.6. The van der Waals surface area contributed by atoms with Gasteiger partial charge in [0, 0.05) is 12.4 Å². The quantitative estimate of drug-likeness (QED) is 0.590. The molecule has 1 saturated heterocycles. The molecule has 5 heteroatoms. The number of rotatable bonds is 2. The number of hydrogen-bond acceptors (Lipinski definition) is 4. The van der Waals surface area contributed by atoms with Gasteiger partial charge in [0.05, 0.1) is 18.0 Å². The summed E-state index contributed by atoms with van der Waals surface area (Å²) in [6, 6.07) is 9.18. The highest BCUT2D eigenvalue weighted by atomic mass is 16.6. The van der Waals surface area contributed by atoms with E-state index in [0.29, 0.717) is 0 Å². The molecular formula is C13H10N2O3. The fourth-order valence-electron chi connectivity index (χ4n) is 2.11. The number of aromatic nitrogens is 2. The second-order valence-corrected chi connectivity index (χ2v) is 4.06. The molecule has 0 saturated carbocycles. The van der Waals surface area contributed by atoms with Crippen LogP contribution in [0.3, 0.4) is 0 Å². The molecule has 1 aromatic heterocycles. The summed E-state index contributed by atoms with van der Waals surface area (Å²) in [5.74, 6) is -1.49. The van der Waals surface area contributed by atoms with Crippen molar-refractivity contribution in [1.82, 2.24) is 9.78 Å². The molecule has 5 nitrogen and oxygen atoms in total. The normalized spacial score (nSPS) is 19.0. The SMILES string of the molecule is O=C1CC(c2ccccc2-n2cccn2)C(=O)O1. The van der Waals surface area contributed by atoms with Gasteiger partial charge >= 0.3 is 11.9 Å². The van der Waals surface area contributed by atoms with Gasteiger partial charge in [-0.1, -0.05) is 18.2 Å². The van der Waals surface area contributed by atoms with Gasteiger partial charge in [-0.15, -0.1) is 0 Å². The van der Waals surface area contributed by atoms with E-state index in [2.05, 4.69) is 9.84 Å². The Kier molecular flexibility index (Phi) is 2.44. The minimum Gasteiger partial charge on any atom is -0.393 e. The van der Waals surface area contributed by atoms with Crippen LogP contribution in [0.1, 0.15) is 17.9 Å². The monoisotopic (exact) mass is 242 g/mol. The Hall–Kier alpha value is -2.43. The van der Waals surface area contributed by atoms with Crippen LogP contribution in [0.4, 0.5) is 0 Å². The fraction of sp³-hybridized carbons (Fsp3) is 0.154. The van der Waals surface area contributed by atoms with Crippen molar-refractivity contribution in [2.45, 2.75) is 12.3 Å². The van der Waals surface area contributed by atoms with Crippen molar-refractivity contribution in [2.75, 3.05) is 0 Å². The average molecular weight is 242 g/mol. The summed E-state index contributed by atoms with van der Waals surface area (Å²) in [5, 5.41) is 4.14. The summed E-state index contributed by atoms with van der Waals surface area (Å²) >= 11 is 0. The lowest BCUT2D eigenvalue weighted by atomic mass is 9.96. The molecule has 3 rings (SSSR count). The first-order chi connectivity index (χ1) is 8.75. The summed E-state index contributed by atoms with van der Waals surface area (Å²) in [4.78, 5) is 22.8. The molecule has 0 amide bonds. The molecule has 90 valence electrons. The molecule has 1 aromatic carbocycles. The van der Waals surface area contributed by atoms with Crippen molar-refractivity contribution in [2.24, 2.45) is 0 Å². The Bertz CT molecular complexity index is 604. The number of carbonyl (C=O) groups is 2. The van der Waals surface area contributed by atoms with Crippen LogP contribution in [0.5, 0.6) is 0 Å². The number of cyclic esters (lactones) is 2. The third kappa shape index (κ3) is 1.69. The fourth-order valence-corrected chi connectivity index (χ4v) is 2.11. The van der Waals surface area contributed by atoms with E-state index in [1.165, 1.54) is 0 Å². The zero-order valence-corrected chi connectivity index (χ0v) is 9.45. The van der Waals surface area contributed by atoms with E-state index in [1.807, 2.05) is 24.3 Å². The van der Waals surface area contributed by atoms with Crippen LogP contribution < -0.4 is 0 Å². The second-order valence-electron chi connectivity index (χ2n) is 4.06. The van der Waals surface area contributed by atoms with Crippen molar-refractivity contribution in [3.05, 3.63) is 48.3 Å². The largest absolute Gasteiger partial charge is 0.393 e. The molecule has 1 aliphatic rings. The van der Waals surface area contributed by atoms with Crippen molar-refractivity contribution in [1.29, 1.82) is 0 Å². The van der Waals surface area contributed by atoms with Gasteiger partial charge in [0.1, 0.15) is 0 Å². The molecule has 2 heterocycles. The number of ether oxygens (including phenoxy) is 1. The third-order valence-corrected chi connectivity index (χ3v) is 2.93. The summed E-state index contributed by atoms with van der Waals surface area (Å²) in [7, 11) is 0. The minimum absolute atomic E-state index is 0.0944. The summed E-state index contributed by atoms with van der Waals surface area (Å²) in [6.45, 7) is 0. The molecule has 18 heavy (non-hydrogen) atoms. The third-order valence-electron chi connectivity index (χ3n) is 2.93. The van der Waals surface area contributed by atoms with Gasteiger partial charge in [0.2, 0.25) is 0 Å². The summed E-state index contributed by atoms with van der Waals surface area (Å²) in [6.07, 6.45) is 3.55. The smallest absolute Gasteiger partial charge is 0.321 e. The maximum Gasteiger partial charge on any atom is 0.321 e. The Morgan fingerprint density at radius 2 is 2.06 bits per heavy atom. The van der Waals surface area contributed by atoms with Gasteiger partial charge in [-0.2, -0.15) is 5.10 Å². The highest BCUT2D eigenvalue weighted by Gasteiger charge is 2.36. The summed E-state index contributed by atoms with van der Waals surface area (Å²) in [5.41, 5.74) is 1.55. The van der Waals surface area contributed by atoms with Crippen LogP contribution >= 0.6 is 0 Å². The second kappa shape index (κ2) is 4.10. The van der Waals surface area contributed by atoms with Gasteiger partial charge in [-0.3, -0.25) is 9.59 Å². The van der Waals surface area contributed by atoms with E-state index >= 15 is 0 Å². The van der Waals surface area contributed by atoms with Gasteiger partial charge in [-0.25, -0.2) is 4.68 Å². The molecule has 0 bridgehead atoms. The van der Waals surface area contributed by atoms with Crippen LogP contribution in [-0.2, 0) is 14.3 Å². The maximum atomic E-state index is 11.6. The lowest BCUT2D eigenvalue weighted by molar-refractivity contribution is -0.152. The van der Waals surface area contributed by atoms with Crippen LogP contribution in [0.25, 0.3) is 5.69 Å². The molecule has 1 unspecified atom stereocenters.